The van der Waals surface area contributed by atoms with Gasteiger partial charge in [0.05, 0.1) is 0 Å². The molecule has 1 atom stereocenters. The van der Waals surface area contributed by atoms with Gasteiger partial charge in [-0.2, -0.15) is 5.10 Å². The van der Waals surface area contributed by atoms with E-state index in [0.29, 0.717) is 24.0 Å². The number of carbonyl (C=O) groups excluding carboxylic acids is 1. The molecule has 0 spiro atoms. The van der Waals surface area contributed by atoms with Gasteiger partial charge in [-0.25, -0.2) is 14.6 Å². The summed E-state index contributed by atoms with van der Waals surface area (Å²) in [5, 5.41) is 7.14. The van der Waals surface area contributed by atoms with Crippen molar-refractivity contribution in [1.29, 1.82) is 0 Å². The van der Waals surface area contributed by atoms with Crippen LogP contribution in [0.15, 0.2) is 31.0 Å². The zero-order valence-corrected chi connectivity index (χ0v) is 14.8. The van der Waals surface area contributed by atoms with Crippen LogP contribution in [-0.4, -0.2) is 56.2 Å². The van der Waals surface area contributed by atoms with Gasteiger partial charge in [0.25, 0.3) is 5.91 Å². The number of hydrogen-bond donors (Lipinski definition) is 1. The van der Waals surface area contributed by atoms with Gasteiger partial charge in [0.2, 0.25) is 0 Å². The van der Waals surface area contributed by atoms with E-state index in [-0.39, 0.29) is 5.91 Å². The van der Waals surface area contributed by atoms with Crippen LogP contribution in [0, 0.1) is 0 Å². The number of amides is 1. The number of hydrogen-bond acceptors (Lipinski definition) is 5. The first kappa shape index (κ1) is 17.5. The highest BCUT2D eigenvalue weighted by molar-refractivity contribution is 5.94. The van der Waals surface area contributed by atoms with Crippen molar-refractivity contribution in [1.82, 2.24) is 30.0 Å². The maximum Gasteiger partial charge on any atom is 0.251 e. The largest absolute Gasteiger partial charge is 0.350 e. The van der Waals surface area contributed by atoms with Gasteiger partial charge >= 0.3 is 0 Å². The number of piperidine rings is 1. The predicted octanol–water partition coefficient (Wildman–Crippen LogP) is 2.05. The second kappa shape index (κ2) is 8.71. The van der Waals surface area contributed by atoms with Gasteiger partial charge in [-0.3, -0.25) is 9.69 Å². The Morgan fingerprint density at radius 2 is 2.32 bits per heavy atom. The van der Waals surface area contributed by atoms with Gasteiger partial charge in [-0.05, 0) is 44.5 Å². The smallest absolute Gasteiger partial charge is 0.251 e. The van der Waals surface area contributed by atoms with Crippen molar-refractivity contribution in [3.8, 4) is 5.82 Å². The van der Waals surface area contributed by atoms with Crippen LogP contribution in [0.1, 0.15) is 49.4 Å². The molecule has 1 amide bonds. The molecule has 7 heteroatoms. The van der Waals surface area contributed by atoms with Gasteiger partial charge < -0.3 is 5.32 Å². The third kappa shape index (κ3) is 4.63. The van der Waals surface area contributed by atoms with Crippen molar-refractivity contribution >= 4 is 5.91 Å². The normalized spacial score (nSPS) is 18.2. The second-order valence-corrected chi connectivity index (χ2v) is 6.49. The first-order valence-electron chi connectivity index (χ1n) is 9.11. The van der Waals surface area contributed by atoms with Gasteiger partial charge in [0, 0.05) is 24.3 Å². The first-order valence-corrected chi connectivity index (χ1v) is 9.11. The molecule has 134 valence electrons. The fourth-order valence-electron chi connectivity index (χ4n) is 3.27. The van der Waals surface area contributed by atoms with E-state index in [0.717, 1.165) is 19.5 Å². The maximum atomic E-state index is 12.5. The molecule has 3 heterocycles. The zero-order valence-electron chi connectivity index (χ0n) is 14.8. The Labute approximate surface area is 148 Å². The van der Waals surface area contributed by atoms with Crippen LogP contribution in [0.3, 0.4) is 0 Å². The van der Waals surface area contributed by atoms with Gasteiger partial charge in [-0.15, -0.1) is 0 Å². The number of pyridine rings is 1. The summed E-state index contributed by atoms with van der Waals surface area (Å²) in [6.07, 6.45) is 10.7. The van der Waals surface area contributed by atoms with Crippen molar-refractivity contribution in [3.05, 3.63) is 36.5 Å². The molecule has 25 heavy (non-hydrogen) atoms. The number of carbonyl (C=O) groups is 1. The molecule has 1 aliphatic heterocycles. The number of nitrogens with one attached hydrogen (secondary N) is 1. The zero-order chi connectivity index (χ0) is 17.5. The molecular formula is C18H26N6O. The number of likely N-dealkylation sites (tertiary alicyclic amines) is 1. The molecule has 0 radical (unpaired) electrons. The van der Waals surface area contributed by atoms with Gasteiger partial charge in [0.1, 0.15) is 12.7 Å². The lowest BCUT2D eigenvalue weighted by atomic mass is 10.0. The summed E-state index contributed by atoms with van der Waals surface area (Å²) in [5.74, 6) is 0.525. The lowest BCUT2D eigenvalue weighted by Gasteiger charge is -2.35. The summed E-state index contributed by atoms with van der Waals surface area (Å²) < 4.78 is 1.55. The Morgan fingerprint density at radius 3 is 3.12 bits per heavy atom. The Kier molecular flexibility index (Phi) is 6.11. The molecule has 2 aromatic rings. The van der Waals surface area contributed by atoms with E-state index in [1.54, 1.807) is 29.3 Å². The summed E-state index contributed by atoms with van der Waals surface area (Å²) in [4.78, 5) is 23.2. The summed E-state index contributed by atoms with van der Waals surface area (Å²) in [7, 11) is 0. The van der Waals surface area contributed by atoms with Gasteiger partial charge in [0.15, 0.2) is 5.82 Å². The van der Waals surface area contributed by atoms with Crippen LogP contribution in [-0.2, 0) is 0 Å². The second-order valence-electron chi connectivity index (χ2n) is 6.49. The molecule has 0 aromatic carbocycles. The van der Waals surface area contributed by atoms with Crippen LogP contribution in [0.5, 0.6) is 0 Å². The third-order valence-electron chi connectivity index (χ3n) is 4.71. The highest BCUT2D eigenvalue weighted by Gasteiger charge is 2.22. The Bertz CT molecular complexity index is 672. The summed E-state index contributed by atoms with van der Waals surface area (Å²) in [6, 6.07) is 3.91. The molecule has 0 bridgehead atoms. The van der Waals surface area contributed by atoms with E-state index in [2.05, 4.69) is 32.2 Å². The summed E-state index contributed by atoms with van der Waals surface area (Å²) >= 11 is 0. The fourth-order valence-corrected chi connectivity index (χ4v) is 3.27. The van der Waals surface area contributed by atoms with E-state index < -0.39 is 0 Å². The van der Waals surface area contributed by atoms with E-state index in [4.69, 9.17) is 0 Å². The van der Waals surface area contributed by atoms with Crippen LogP contribution in [0.2, 0.25) is 0 Å². The number of nitrogens with zero attached hydrogens (tertiary/aromatic N) is 5. The molecule has 1 aliphatic rings. The van der Waals surface area contributed by atoms with Crippen LogP contribution in [0.25, 0.3) is 5.82 Å². The van der Waals surface area contributed by atoms with Crippen molar-refractivity contribution in [2.24, 2.45) is 0 Å². The minimum Gasteiger partial charge on any atom is -0.350 e. The van der Waals surface area contributed by atoms with Crippen molar-refractivity contribution in [2.45, 2.75) is 45.1 Å². The topological polar surface area (TPSA) is 75.9 Å². The number of rotatable bonds is 7. The summed E-state index contributed by atoms with van der Waals surface area (Å²) in [5.41, 5.74) is 0.594. The Balaban J connectivity index is 1.59. The molecule has 3 rings (SSSR count). The maximum absolute atomic E-state index is 12.5. The van der Waals surface area contributed by atoms with E-state index in [1.807, 2.05) is 0 Å². The average molecular weight is 342 g/mol. The molecule has 1 saturated heterocycles. The van der Waals surface area contributed by atoms with Crippen LogP contribution in [0.4, 0.5) is 0 Å². The Morgan fingerprint density at radius 1 is 1.40 bits per heavy atom. The standard InChI is InChI=1S/C18H26N6O/c1-2-3-9-23-10-5-4-6-16(23)12-21-18(25)15-7-8-20-17(11-15)24-14-19-13-22-24/h7-8,11,13-14,16H,2-6,9-10,12H2,1H3,(H,21,25). The highest BCUT2D eigenvalue weighted by Crippen LogP contribution is 2.17. The Hall–Kier alpha value is -2.28. The van der Waals surface area contributed by atoms with Crippen molar-refractivity contribution in [2.75, 3.05) is 19.6 Å². The molecule has 0 aliphatic carbocycles. The minimum atomic E-state index is -0.0650. The van der Waals surface area contributed by atoms with Crippen LogP contribution < -0.4 is 5.32 Å². The van der Waals surface area contributed by atoms with E-state index >= 15 is 0 Å². The average Bonchev–Trinajstić information content (AvgIpc) is 3.20. The van der Waals surface area contributed by atoms with Crippen LogP contribution >= 0.6 is 0 Å². The SMILES string of the molecule is CCCCN1CCCCC1CNC(=O)c1ccnc(-n2cncn2)c1. The molecule has 1 N–H and O–H groups in total. The minimum absolute atomic E-state index is 0.0650. The molecular weight excluding hydrogens is 316 g/mol. The predicted molar refractivity (Wildman–Crippen MR) is 95.6 cm³/mol. The first-order chi connectivity index (χ1) is 12.3. The lowest BCUT2D eigenvalue weighted by Crippen LogP contribution is -2.47. The highest BCUT2D eigenvalue weighted by atomic mass is 16.1. The third-order valence-corrected chi connectivity index (χ3v) is 4.71. The molecule has 0 saturated carbocycles. The molecule has 1 fully saturated rings. The molecule has 2 aromatic heterocycles. The molecule has 7 nitrogen and oxygen atoms in total. The molecule has 1 unspecified atom stereocenters. The summed E-state index contributed by atoms with van der Waals surface area (Å²) in [6.45, 7) is 5.19. The van der Waals surface area contributed by atoms with E-state index in [9.17, 15) is 4.79 Å². The fraction of sp³-hybridized carbons (Fsp3) is 0.556. The van der Waals surface area contributed by atoms with Crippen molar-refractivity contribution in [3.63, 3.8) is 0 Å². The van der Waals surface area contributed by atoms with E-state index in [1.165, 1.54) is 32.0 Å². The monoisotopic (exact) mass is 342 g/mol. The quantitative estimate of drug-likeness (QED) is 0.833. The number of unbranched alkanes of at least 4 members (excludes halogenated alkanes) is 1. The van der Waals surface area contributed by atoms with Crippen molar-refractivity contribution < 1.29 is 4.79 Å². The lowest BCUT2D eigenvalue weighted by molar-refractivity contribution is 0.0912. The van der Waals surface area contributed by atoms with Gasteiger partial charge in [-0.1, -0.05) is 19.8 Å². The number of aromatic nitrogens is 4.